The summed E-state index contributed by atoms with van der Waals surface area (Å²) < 4.78 is 4.74. The fraction of sp³-hybridized carbons (Fsp3) is 0.500. The normalized spacial score (nSPS) is 15.2. The number of fused-ring (bicyclic) bond motifs is 1. The number of nitrogens with one attached hydrogen (secondary N) is 2. The maximum absolute atomic E-state index is 12.3. The van der Waals surface area contributed by atoms with Crippen LogP contribution in [0.3, 0.4) is 0 Å². The van der Waals surface area contributed by atoms with Gasteiger partial charge in [-0.2, -0.15) is 0 Å². The molecule has 21 heavy (non-hydrogen) atoms. The molecule has 5 heteroatoms. The molecule has 0 aromatic heterocycles. The van der Waals surface area contributed by atoms with Crippen LogP contribution in [0.5, 0.6) is 0 Å². The Labute approximate surface area is 125 Å². The zero-order valence-electron chi connectivity index (χ0n) is 12.7. The predicted octanol–water partition coefficient (Wildman–Crippen LogP) is 1.26. The van der Waals surface area contributed by atoms with E-state index in [0.717, 1.165) is 25.1 Å². The molecule has 1 aromatic rings. The Hall–Kier alpha value is -1.88. The Balaban J connectivity index is 2.14. The summed E-state index contributed by atoms with van der Waals surface area (Å²) in [4.78, 5) is 24.0. The third kappa shape index (κ3) is 3.61. The standard InChI is InChI=1S/C16H22N2O3/c1-10(2)14(16(20)21-3)18-15(19)12-5-4-11-6-7-17-9-13(11)8-12/h4-5,8,10,14,17H,6-7,9H2,1-3H3,(H,18,19). The van der Waals surface area contributed by atoms with Crippen molar-refractivity contribution in [1.82, 2.24) is 10.6 Å². The molecule has 1 heterocycles. The molecule has 2 rings (SSSR count). The number of esters is 1. The summed E-state index contributed by atoms with van der Waals surface area (Å²) in [6.45, 7) is 5.49. The summed E-state index contributed by atoms with van der Waals surface area (Å²) in [5.41, 5.74) is 3.00. The second-order valence-electron chi connectivity index (χ2n) is 5.63. The van der Waals surface area contributed by atoms with Crippen molar-refractivity contribution in [3.8, 4) is 0 Å². The van der Waals surface area contributed by atoms with Crippen molar-refractivity contribution >= 4 is 11.9 Å². The highest BCUT2D eigenvalue weighted by molar-refractivity contribution is 5.97. The van der Waals surface area contributed by atoms with Gasteiger partial charge in [-0.15, -0.1) is 0 Å². The molecule has 1 atom stereocenters. The Morgan fingerprint density at radius 1 is 1.29 bits per heavy atom. The summed E-state index contributed by atoms with van der Waals surface area (Å²) in [5.74, 6) is -0.689. The van der Waals surface area contributed by atoms with Gasteiger partial charge in [-0.3, -0.25) is 4.79 Å². The number of amides is 1. The van der Waals surface area contributed by atoms with E-state index in [2.05, 4.69) is 10.6 Å². The van der Waals surface area contributed by atoms with E-state index in [1.807, 2.05) is 32.0 Å². The van der Waals surface area contributed by atoms with Gasteiger partial charge >= 0.3 is 5.97 Å². The number of carbonyl (C=O) groups excluding carboxylic acids is 2. The summed E-state index contributed by atoms with van der Waals surface area (Å²) in [6, 6.07) is 5.07. The van der Waals surface area contributed by atoms with Gasteiger partial charge in [-0.25, -0.2) is 4.79 Å². The Bertz CT molecular complexity index is 540. The quantitative estimate of drug-likeness (QED) is 0.819. The Morgan fingerprint density at radius 2 is 2.05 bits per heavy atom. The summed E-state index contributed by atoms with van der Waals surface area (Å²) in [5, 5.41) is 6.04. The lowest BCUT2D eigenvalue weighted by Gasteiger charge is -2.21. The van der Waals surface area contributed by atoms with Gasteiger partial charge in [0.2, 0.25) is 0 Å². The van der Waals surface area contributed by atoms with E-state index in [0.29, 0.717) is 5.56 Å². The molecule has 1 aliphatic rings. The molecule has 0 radical (unpaired) electrons. The molecular formula is C16H22N2O3. The first-order valence-corrected chi connectivity index (χ1v) is 7.24. The molecule has 0 aliphatic carbocycles. The molecule has 5 nitrogen and oxygen atoms in total. The molecule has 1 unspecified atom stereocenters. The van der Waals surface area contributed by atoms with Crippen LogP contribution >= 0.6 is 0 Å². The highest BCUT2D eigenvalue weighted by Gasteiger charge is 2.25. The van der Waals surface area contributed by atoms with E-state index in [9.17, 15) is 9.59 Å². The lowest BCUT2D eigenvalue weighted by Crippen LogP contribution is -2.45. The second-order valence-corrected chi connectivity index (χ2v) is 5.63. The third-order valence-corrected chi connectivity index (χ3v) is 3.76. The summed E-state index contributed by atoms with van der Waals surface area (Å²) in [6.07, 6.45) is 0.980. The molecule has 0 bridgehead atoms. The van der Waals surface area contributed by atoms with E-state index in [4.69, 9.17) is 4.74 Å². The van der Waals surface area contributed by atoms with Gasteiger partial charge in [0, 0.05) is 12.1 Å². The van der Waals surface area contributed by atoms with Crippen LogP contribution in [0.15, 0.2) is 18.2 Å². The summed E-state index contributed by atoms with van der Waals surface area (Å²) in [7, 11) is 1.33. The van der Waals surface area contributed by atoms with Crippen LogP contribution in [0.2, 0.25) is 0 Å². The number of ether oxygens (including phenoxy) is 1. The molecular weight excluding hydrogens is 268 g/mol. The molecule has 1 aliphatic heterocycles. The van der Waals surface area contributed by atoms with Gasteiger partial charge in [-0.1, -0.05) is 19.9 Å². The van der Waals surface area contributed by atoms with Gasteiger partial charge < -0.3 is 15.4 Å². The Morgan fingerprint density at radius 3 is 2.71 bits per heavy atom. The zero-order chi connectivity index (χ0) is 15.4. The maximum atomic E-state index is 12.3. The van der Waals surface area contributed by atoms with Crippen molar-refractivity contribution in [2.24, 2.45) is 5.92 Å². The fourth-order valence-corrected chi connectivity index (χ4v) is 2.47. The average Bonchev–Trinajstić information content (AvgIpc) is 2.50. The van der Waals surface area contributed by atoms with Crippen molar-refractivity contribution in [2.45, 2.75) is 32.9 Å². The zero-order valence-corrected chi connectivity index (χ0v) is 12.7. The second kappa shape index (κ2) is 6.72. The third-order valence-electron chi connectivity index (χ3n) is 3.76. The first-order chi connectivity index (χ1) is 10.0. The van der Waals surface area contributed by atoms with Crippen molar-refractivity contribution in [2.75, 3.05) is 13.7 Å². The van der Waals surface area contributed by atoms with Gasteiger partial charge in [0.05, 0.1) is 7.11 Å². The summed E-state index contributed by atoms with van der Waals surface area (Å²) >= 11 is 0. The molecule has 0 fully saturated rings. The van der Waals surface area contributed by atoms with E-state index < -0.39 is 12.0 Å². The van der Waals surface area contributed by atoms with Gasteiger partial charge in [0.25, 0.3) is 5.91 Å². The molecule has 1 amide bonds. The van der Waals surface area contributed by atoms with E-state index >= 15 is 0 Å². The number of benzene rings is 1. The molecule has 0 saturated heterocycles. The maximum Gasteiger partial charge on any atom is 0.328 e. The minimum absolute atomic E-state index is 0.0271. The van der Waals surface area contributed by atoms with Crippen LogP contribution in [-0.4, -0.2) is 31.6 Å². The number of hydrogen-bond acceptors (Lipinski definition) is 4. The van der Waals surface area contributed by atoms with Crippen LogP contribution in [0.4, 0.5) is 0 Å². The average molecular weight is 290 g/mol. The van der Waals surface area contributed by atoms with E-state index in [1.54, 1.807) is 0 Å². The topological polar surface area (TPSA) is 67.4 Å². The van der Waals surface area contributed by atoms with Crippen molar-refractivity contribution < 1.29 is 14.3 Å². The SMILES string of the molecule is COC(=O)C(NC(=O)c1ccc2c(c1)CNCC2)C(C)C. The van der Waals surface area contributed by atoms with Gasteiger partial charge in [-0.05, 0) is 42.1 Å². The largest absolute Gasteiger partial charge is 0.467 e. The van der Waals surface area contributed by atoms with E-state index in [1.165, 1.54) is 12.7 Å². The molecule has 1 aromatic carbocycles. The van der Waals surface area contributed by atoms with Crippen LogP contribution < -0.4 is 10.6 Å². The monoisotopic (exact) mass is 290 g/mol. The highest BCUT2D eigenvalue weighted by Crippen LogP contribution is 2.16. The van der Waals surface area contributed by atoms with Crippen LogP contribution in [-0.2, 0) is 22.5 Å². The minimum atomic E-state index is -0.628. The highest BCUT2D eigenvalue weighted by atomic mass is 16.5. The smallest absolute Gasteiger partial charge is 0.328 e. The molecule has 114 valence electrons. The lowest BCUT2D eigenvalue weighted by molar-refractivity contribution is -0.144. The molecule has 0 spiro atoms. The van der Waals surface area contributed by atoms with E-state index in [-0.39, 0.29) is 11.8 Å². The van der Waals surface area contributed by atoms with Gasteiger partial charge in [0.15, 0.2) is 0 Å². The Kier molecular flexibility index (Phi) is 4.96. The van der Waals surface area contributed by atoms with Crippen molar-refractivity contribution in [1.29, 1.82) is 0 Å². The predicted molar refractivity (Wildman–Crippen MR) is 80.0 cm³/mol. The van der Waals surface area contributed by atoms with Crippen LogP contribution in [0, 0.1) is 5.92 Å². The number of rotatable bonds is 4. The van der Waals surface area contributed by atoms with Crippen LogP contribution in [0.25, 0.3) is 0 Å². The minimum Gasteiger partial charge on any atom is -0.467 e. The fourth-order valence-electron chi connectivity index (χ4n) is 2.47. The number of methoxy groups -OCH3 is 1. The molecule has 0 saturated carbocycles. The number of hydrogen-bond donors (Lipinski definition) is 2. The van der Waals surface area contributed by atoms with Crippen molar-refractivity contribution in [3.05, 3.63) is 34.9 Å². The van der Waals surface area contributed by atoms with Crippen LogP contribution in [0.1, 0.15) is 35.3 Å². The lowest BCUT2D eigenvalue weighted by atomic mass is 9.98. The van der Waals surface area contributed by atoms with Crippen molar-refractivity contribution in [3.63, 3.8) is 0 Å². The number of carbonyl (C=O) groups is 2. The molecule has 2 N–H and O–H groups in total. The van der Waals surface area contributed by atoms with Gasteiger partial charge in [0.1, 0.15) is 6.04 Å². The first kappa shape index (κ1) is 15.5. The first-order valence-electron chi connectivity index (χ1n) is 7.24.